The molecule has 2 aromatic rings. The Labute approximate surface area is 153 Å². The van der Waals surface area contributed by atoms with Crippen LogP contribution in [0, 0.1) is 12.8 Å². The maximum atomic E-state index is 12.3. The van der Waals surface area contributed by atoms with Crippen molar-refractivity contribution >= 4 is 17.4 Å². The van der Waals surface area contributed by atoms with E-state index in [1.165, 1.54) is 0 Å². The van der Waals surface area contributed by atoms with Crippen molar-refractivity contribution in [1.29, 1.82) is 0 Å². The summed E-state index contributed by atoms with van der Waals surface area (Å²) in [6, 6.07) is 7.24. The molecular weight excluding hydrogens is 332 g/mol. The number of nitrogens with one attached hydrogen (secondary N) is 2. The Morgan fingerprint density at radius 2 is 1.92 bits per heavy atom. The molecule has 0 aliphatic carbocycles. The van der Waals surface area contributed by atoms with Crippen LogP contribution in [0.15, 0.2) is 24.3 Å². The molecule has 7 nitrogen and oxygen atoms in total. The number of aromatic nitrogens is 2. The van der Waals surface area contributed by atoms with Gasteiger partial charge in [-0.05, 0) is 31.4 Å². The highest BCUT2D eigenvalue weighted by molar-refractivity contribution is 5.93. The van der Waals surface area contributed by atoms with Gasteiger partial charge < -0.3 is 20.1 Å². The number of hydrogen-bond acceptors (Lipinski definition) is 6. The van der Waals surface area contributed by atoms with Crippen LogP contribution in [-0.4, -0.2) is 35.6 Å². The van der Waals surface area contributed by atoms with Gasteiger partial charge in [0.05, 0.1) is 0 Å². The van der Waals surface area contributed by atoms with Gasteiger partial charge in [0, 0.05) is 24.4 Å². The highest BCUT2D eigenvalue weighted by Gasteiger charge is 2.14. The number of fused-ring (bicyclic) bond motifs is 1. The zero-order chi connectivity index (χ0) is 18.5. The summed E-state index contributed by atoms with van der Waals surface area (Å²) in [4.78, 5) is 20.9. The van der Waals surface area contributed by atoms with Crippen molar-refractivity contribution in [2.45, 2.75) is 27.2 Å². The van der Waals surface area contributed by atoms with E-state index in [4.69, 9.17) is 9.47 Å². The molecule has 1 aromatic carbocycles. The Morgan fingerprint density at radius 3 is 2.69 bits per heavy atom. The molecule has 138 valence electrons. The first-order chi connectivity index (χ1) is 12.5. The molecule has 2 heterocycles. The van der Waals surface area contributed by atoms with E-state index in [0.717, 1.165) is 17.9 Å². The van der Waals surface area contributed by atoms with Crippen LogP contribution in [0.3, 0.4) is 0 Å². The molecule has 7 heteroatoms. The highest BCUT2D eigenvalue weighted by Crippen LogP contribution is 2.33. The maximum absolute atomic E-state index is 12.3. The van der Waals surface area contributed by atoms with E-state index in [1.807, 2.05) is 18.2 Å². The molecule has 2 N–H and O–H groups in total. The van der Waals surface area contributed by atoms with E-state index < -0.39 is 0 Å². The fraction of sp³-hybridized carbons (Fsp3) is 0.421. The number of nitrogens with zero attached hydrogens (tertiary/aromatic N) is 2. The average Bonchev–Trinajstić information content (AvgIpc) is 2.60. The summed E-state index contributed by atoms with van der Waals surface area (Å²) in [6.07, 6.45) is 0.929. The Kier molecular flexibility index (Phi) is 5.55. The van der Waals surface area contributed by atoms with Crippen molar-refractivity contribution in [3.63, 3.8) is 0 Å². The Bertz CT molecular complexity index is 792. The monoisotopic (exact) mass is 356 g/mol. The van der Waals surface area contributed by atoms with Gasteiger partial charge in [0.1, 0.15) is 30.5 Å². The normalized spacial score (nSPS) is 12.8. The minimum Gasteiger partial charge on any atom is -0.486 e. The van der Waals surface area contributed by atoms with Crippen molar-refractivity contribution < 1.29 is 14.3 Å². The summed E-state index contributed by atoms with van der Waals surface area (Å²) in [5.41, 5.74) is 1.15. The van der Waals surface area contributed by atoms with Crippen LogP contribution >= 0.6 is 0 Å². The second-order valence-corrected chi connectivity index (χ2v) is 6.61. The molecule has 0 radical (unpaired) electrons. The first kappa shape index (κ1) is 18.0. The minimum absolute atomic E-state index is 0.193. The topological polar surface area (TPSA) is 85.4 Å². The molecular formula is C19H24N4O3. The zero-order valence-electron chi connectivity index (χ0n) is 15.3. The molecule has 1 aliphatic rings. The first-order valence-electron chi connectivity index (χ1n) is 8.82. The fourth-order valence-electron chi connectivity index (χ4n) is 2.58. The van der Waals surface area contributed by atoms with Gasteiger partial charge in [0.15, 0.2) is 11.5 Å². The summed E-state index contributed by atoms with van der Waals surface area (Å²) in [5, 5.41) is 6.09. The van der Waals surface area contributed by atoms with Crippen LogP contribution in [0.5, 0.6) is 11.5 Å². The van der Waals surface area contributed by atoms with Crippen molar-refractivity contribution in [2.24, 2.45) is 5.92 Å². The Hall–Kier alpha value is -2.83. The summed E-state index contributed by atoms with van der Waals surface area (Å²) in [6.45, 7) is 7.72. The molecule has 1 amide bonds. The van der Waals surface area contributed by atoms with E-state index in [-0.39, 0.29) is 5.91 Å². The number of carbonyl (C=O) groups excluding carboxylic acids is 1. The molecule has 0 saturated heterocycles. The lowest BCUT2D eigenvalue weighted by Crippen LogP contribution is -2.26. The van der Waals surface area contributed by atoms with Gasteiger partial charge in [-0.3, -0.25) is 4.79 Å². The summed E-state index contributed by atoms with van der Waals surface area (Å²) >= 11 is 0. The molecule has 1 aliphatic heterocycles. The predicted molar refractivity (Wildman–Crippen MR) is 99.3 cm³/mol. The number of rotatable bonds is 6. The van der Waals surface area contributed by atoms with Gasteiger partial charge in [-0.2, -0.15) is 0 Å². The number of hydrogen-bond donors (Lipinski definition) is 2. The lowest BCUT2D eigenvalue weighted by molar-refractivity contribution is 0.0946. The third kappa shape index (κ3) is 4.62. The van der Waals surface area contributed by atoms with Crippen molar-refractivity contribution in [1.82, 2.24) is 15.3 Å². The standard InChI is InChI=1S/C19H24N4O3/c1-12(2)6-7-20-19(24)15-11-18(22-13(3)21-15)23-14-4-5-16-17(10-14)26-9-8-25-16/h4-5,10-12H,6-9H2,1-3H3,(H,20,24)(H,21,22,23). The number of anilines is 2. The number of ether oxygens (including phenoxy) is 2. The van der Waals surface area contributed by atoms with Crippen LogP contribution in [0.2, 0.25) is 0 Å². The summed E-state index contributed by atoms with van der Waals surface area (Å²) in [7, 11) is 0. The Morgan fingerprint density at radius 1 is 1.15 bits per heavy atom. The molecule has 0 bridgehead atoms. The number of aryl methyl sites for hydroxylation is 1. The molecule has 0 fully saturated rings. The molecule has 3 rings (SSSR count). The van der Waals surface area contributed by atoms with E-state index in [2.05, 4.69) is 34.4 Å². The summed E-state index contributed by atoms with van der Waals surface area (Å²) in [5.74, 6) is 2.85. The molecule has 0 atom stereocenters. The largest absolute Gasteiger partial charge is 0.486 e. The van der Waals surface area contributed by atoms with Crippen LogP contribution in [0.4, 0.5) is 11.5 Å². The van der Waals surface area contributed by atoms with Gasteiger partial charge in [-0.1, -0.05) is 13.8 Å². The minimum atomic E-state index is -0.193. The second-order valence-electron chi connectivity index (χ2n) is 6.61. The van der Waals surface area contributed by atoms with Gasteiger partial charge in [0.25, 0.3) is 5.91 Å². The molecule has 0 saturated carbocycles. The van der Waals surface area contributed by atoms with E-state index in [9.17, 15) is 4.79 Å². The average molecular weight is 356 g/mol. The lowest BCUT2D eigenvalue weighted by Gasteiger charge is -2.19. The highest BCUT2D eigenvalue weighted by atomic mass is 16.6. The Balaban J connectivity index is 1.72. The van der Waals surface area contributed by atoms with Gasteiger partial charge in [-0.15, -0.1) is 0 Å². The quantitative estimate of drug-likeness (QED) is 0.827. The van der Waals surface area contributed by atoms with Crippen LogP contribution in [-0.2, 0) is 0 Å². The van der Waals surface area contributed by atoms with Gasteiger partial charge in [0.2, 0.25) is 0 Å². The molecule has 26 heavy (non-hydrogen) atoms. The fourth-order valence-corrected chi connectivity index (χ4v) is 2.58. The van der Waals surface area contributed by atoms with Crippen LogP contribution in [0.1, 0.15) is 36.6 Å². The smallest absolute Gasteiger partial charge is 0.270 e. The lowest BCUT2D eigenvalue weighted by atomic mass is 10.1. The van der Waals surface area contributed by atoms with E-state index in [0.29, 0.717) is 48.8 Å². The number of benzene rings is 1. The zero-order valence-corrected chi connectivity index (χ0v) is 15.3. The molecule has 1 aromatic heterocycles. The second kappa shape index (κ2) is 8.03. The van der Waals surface area contributed by atoms with Crippen molar-refractivity contribution in [3.8, 4) is 11.5 Å². The number of amides is 1. The van der Waals surface area contributed by atoms with E-state index in [1.54, 1.807) is 13.0 Å². The third-order valence-corrected chi connectivity index (χ3v) is 3.89. The van der Waals surface area contributed by atoms with Gasteiger partial charge in [-0.25, -0.2) is 9.97 Å². The van der Waals surface area contributed by atoms with E-state index >= 15 is 0 Å². The number of carbonyl (C=O) groups is 1. The van der Waals surface area contributed by atoms with Crippen LogP contribution < -0.4 is 20.1 Å². The SMILES string of the molecule is Cc1nc(Nc2ccc3c(c2)OCCO3)cc(C(=O)NCCC(C)C)n1. The maximum Gasteiger partial charge on any atom is 0.270 e. The summed E-state index contributed by atoms with van der Waals surface area (Å²) < 4.78 is 11.1. The third-order valence-electron chi connectivity index (χ3n) is 3.89. The van der Waals surface area contributed by atoms with Crippen molar-refractivity contribution in [2.75, 3.05) is 25.1 Å². The first-order valence-corrected chi connectivity index (χ1v) is 8.82. The van der Waals surface area contributed by atoms with Crippen molar-refractivity contribution in [3.05, 3.63) is 35.8 Å². The molecule has 0 unspecified atom stereocenters. The predicted octanol–water partition coefficient (Wildman–Crippen LogP) is 3.08. The van der Waals surface area contributed by atoms with Gasteiger partial charge >= 0.3 is 0 Å². The molecule has 0 spiro atoms. The van der Waals surface area contributed by atoms with Crippen LogP contribution in [0.25, 0.3) is 0 Å².